The Hall–Kier alpha value is -2.32. The Morgan fingerprint density at radius 1 is 1.36 bits per heavy atom. The molecule has 0 aromatic carbocycles. The van der Waals surface area contributed by atoms with Gasteiger partial charge in [0.1, 0.15) is 18.1 Å². The number of carbonyl (C=O) groups excluding carboxylic acids is 2. The lowest BCUT2D eigenvalue weighted by molar-refractivity contribution is -0.141. The first-order valence-corrected chi connectivity index (χ1v) is 6.62. The highest BCUT2D eigenvalue weighted by Gasteiger charge is 2.39. The largest absolute Gasteiger partial charge is 0.447 e. The maximum Gasteiger partial charge on any atom is 0.433 e. The normalized spacial score (nSPS) is 17.7. The number of ether oxygens (including phenoxy) is 1. The summed E-state index contributed by atoms with van der Waals surface area (Å²) in [6, 6.07) is 0.842. The molecular weight excluding hydrogens is 303 g/mol. The molecule has 2 amide bonds. The number of anilines is 2. The van der Waals surface area contributed by atoms with Crippen LogP contribution in [0.5, 0.6) is 0 Å². The topological polar surface area (TPSA) is 62.7 Å². The Labute approximate surface area is 123 Å². The number of pyridine rings is 1. The van der Waals surface area contributed by atoms with Crippen molar-refractivity contribution in [2.45, 2.75) is 19.5 Å². The first-order valence-electron chi connectivity index (χ1n) is 6.62. The molecule has 2 aliphatic rings. The van der Waals surface area contributed by atoms with Gasteiger partial charge in [0.25, 0.3) is 0 Å². The van der Waals surface area contributed by atoms with Crippen LogP contribution in [-0.2, 0) is 22.1 Å². The molecule has 1 fully saturated rings. The molecule has 0 atom stereocenters. The second kappa shape index (κ2) is 4.85. The molecule has 0 unspecified atom stereocenters. The third kappa shape index (κ3) is 2.26. The summed E-state index contributed by atoms with van der Waals surface area (Å²) in [5.41, 5.74) is -0.556. The summed E-state index contributed by atoms with van der Waals surface area (Å²) in [6.45, 7) is 1.80. The van der Waals surface area contributed by atoms with Crippen molar-refractivity contribution in [2.75, 3.05) is 29.5 Å². The lowest BCUT2D eigenvalue weighted by atomic mass is 10.1. The summed E-state index contributed by atoms with van der Waals surface area (Å²) < 4.78 is 43.9. The van der Waals surface area contributed by atoms with Crippen molar-refractivity contribution in [2.24, 2.45) is 0 Å². The van der Waals surface area contributed by atoms with E-state index < -0.39 is 18.0 Å². The molecule has 0 aliphatic carbocycles. The number of hydrogen-bond donors (Lipinski definition) is 0. The van der Waals surface area contributed by atoms with E-state index in [-0.39, 0.29) is 37.1 Å². The van der Waals surface area contributed by atoms with Gasteiger partial charge in [-0.05, 0) is 12.5 Å². The SMILES string of the molecule is CC(=O)N1CCc2c(N3CCOC3=O)cc(C(F)(F)F)nc21. The number of cyclic esters (lactones) is 1. The smallest absolute Gasteiger partial charge is 0.433 e. The molecule has 3 heterocycles. The molecule has 0 saturated carbocycles. The van der Waals surface area contributed by atoms with Crippen molar-refractivity contribution in [3.8, 4) is 0 Å². The van der Waals surface area contributed by atoms with Crippen LogP contribution in [0.1, 0.15) is 18.2 Å². The number of hydrogen-bond acceptors (Lipinski definition) is 4. The van der Waals surface area contributed by atoms with Gasteiger partial charge in [0.05, 0.1) is 12.2 Å². The van der Waals surface area contributed by atoms with Gasteiger partial charge in [0.2, 0.25) is 5.91 Å². The van der Waals surface area contributed by atoms with Crippen molar-refractivity contribution in [1.29, 1.82) is 0 Å². The number of nitrogens with zero attached hydrogens (tertiary/aromatic N) is 3. The molecule has 1 saturated heterocycles. The molecule has 0 N–H and O–H groups in total. The Balaban J connectivity index is 2.17. The number of fused-ring (bicyclic) bond motifs is 1. The second-order valence-corrected chi connectivity index (χ2v) is 5.01. The molecule has 22 heavy (non-hydrogen) atoms. The van der Waals surface area contributed by atoms with Crippen LogP contribution in [0.2, 0.25) is 0 Å². The minimum absolute atomic E-state index is 0.0305. The third-order valence-electron chi connectivity index (χ3n) is 3.64. The van der Waals surface area contributed by atoms with E-state index in [1.54, 1.807) is 0 Å². The van der Waals surface area contributed by atoms with Gasteiger partial charge in [-0.1, -0.05) is 0 Å². The molecule has 1 aromatic rings. The van der Waals surface area contributed by atoms with Crippen molar-refractivity contribution >= 4 is 23.5 Å². The van der Waals surface area contributed by atoms with E-state index in [1.165, 1.54) is 11.8 Å². The highest BCUT2D eigenvalue weighted by atomic mass is 19.4. The van der Waals surface area contributed by atoms with E-state index in [1.807, 2.05) is 0 Å². The molecule has 1 aromatic heterocycles. The standard InChI is InChI=1S/C13H12F3N3O3/c1-7(20)18-3-2-8-9(19-4-5-22-12(19)21)6-10(13(14,15)16)17-11(8)18/h6H,2-5H2,1H3. The molecule has 0 bridgehead atoms. The quantitative estimate of drug-likeness (QED) is 0.795. The zero-order chi connectivity index (χ0) is 16.1. The lowest BCUT2D eigenvalue weighted by Crippen LogP contribution is -2.28. The lowest BCUT2D eigenvalue weighted by Gasteiger charge is -2.20. The molecule has 3 rings (SSSR count). The van der Waals surface area contributed by atoms with Gasteiger partial charge >= 0.3 is 12.3 Å². The fourth-order valence-corrected chi connectivity index (χ4v) is 2.64. The summed E-state index contributed by atoms with van der Waals surface area (Å²) in [5, 5.41) is 0. The monoisotopic (exact) mass is 315 g/mol. The molecule has 2 aliphatic heterocycles. The van der Waals surface area contributed by atoms with E-state index in [2.05, 4.69) is 4.98 Å². The summed E-state index contributed by atoms with van der Waals surface area (Å²) in [7, 11) is 0. The van der Waals surface area contributed by atoms with Gasteiger partial charge in [-0.25, -0.2) is 9.78 Å². The number of aromatic nitrogens is 1. The van der Waals surface area contributed by atoms with Crippen LogP contribution in [0.3, 0.4) is 0 Å². The maximum absolute atomic E-state index is 13.0. The Morgan fingerprint density at radius 2 is 2.09 bits per heavy atom. The number of rotatable bonds is 1. The first-order chi connectivity index (χ1) is 10.3. The summed E-state index contributed by atoms with van der Waals surface area (Å²) in [6.07, 6.45) is -5.01. The third-order valence-corrected chi connectivity index (χ3v) is 3.64. The zero-order valence-electron chi connectivity index (χ0n) is 11.6. The average Bonchev–Trinajstić information content (AvgIpc) is 3.02. The first kappa shape index (κ1) is 14.6. The molecule has 118 valence electrons. The number of carbonyl (C=O) groups is 2. The van der Waals surface area contributed by atoms with Crippen LogP contribution in [-0.4, -0.2) is 36.7 Å². The fraction of sp³-hybridized carbons (Fsp3) is 0.462. The van der Waals surface area contributed by atoms with E-state index in [0.717, 1.165) is 11.0 Å². The highest BCUT2D eigenvalue weighted by Crippen LogP contribution is 2.40. The van der Waals surface area contributed by atoms with Crippen molar-refractivity contribution < 1.29 is 27.5 Å². The predicted molar refractivity (Wildman–Crippen MR) is 69.7 cm³/mol. The molecule has 0 spiro atoms. The Kier molecular flexibility index (Phi) is 3.22. The van der Waals surface area contributed by atoms with E-state index in [9.17, 15) is 22.8 Å². The number of alkyl halides is 3. The summed E-state index contributed by atoms with van der Waals surface area (Å²) >= 11 is 0. The van der Waals surface area contributed by atoms with Crippen LogP contribution in [0.4, 0.5) is 29.5 Å². The van der Waals surface area contributed by atoms with Gasteiger partial charge in [0, 0.05) is 19.0 Å². The van der Waals surface area contributed by atoms with Crippen LogP contribution in [0, 0.1) is 0 Å². The zero-order valence-corrected chi connectivity index (χ0v) is 11.6. The van der Waals surface area contributed by atoms with Gasteiger partial charge in [-0.15, -0.1) is 0 Å². The second-order valence-electron chi connectivity index (χ2n) is 5.01. The highest BCUT2D eigenvalue weighted by molar-refractivity contribution is 5.96. The summed E-state index contributed by atoms with van der Waals surface area (Å²) in [5.74, 6) is -0.419. The van der Waals surface area contributed by atoms with E-state index in [0.29, 0.717) is 12.0 Å². The van der Waals surface area contributed by atoms with Crippen molar-refractivity contribution in [3.63, 3.8) is 0 Å². The Bertz CT molecular complexity index is 660. The van der Waals surface area contributed by atoms with Gasteiger partial charge in [-0.3, -0.25) is 14.6 Å². The Morgan fingerprint density at radius 3 is 2.64 bits per heavy atom. The number of amides is 2. The van der Waals surface area contributed by atoms with Crippen LogP contribution in [0.15, 0.2) is 6.07 Å². The molecule has 0 radical (unpaired) electrons. The van der Waals surface area contributed by atoms with Crippen molar-refractivity contribution in [3.05, 3.63) is 17.3 Å². The van der Waals surface area contributed by atoms with Crippen LogP contribution >= 0.6 is 0 Å². The van der Waals surface area contributed by atoms with E-state index >= 15 is 0 Å². The predicted octanol–water partition coefficient (Wildman–Crippen LogP) is 1.97. The number of halogens is 3. The van der Waals surface area contributed by atoms with Crippen molar-refractivity contribution in [1.82, 2.24) is 4.98 Å². The van der Waals surface area contributed by atoms with Gasteiger partial charge < -0.3 is 4.74 Å². The van der Waals surface area contributed by atoms with Crippen LogP contribution in [0.25, 0.3) is 0 Å². The fourth-order valence-electron chi connectivity index (χ4n) is 2.64. The average molecular weight is 315 g/mol. The van der Waals surface area contributed by atoms with E-state index in [4.69, 9.17) is 4.74 Å². The minimum atomic E-state index is -4.67. The molecular formula is C13H12F3N3O3. The van der Waals surface area contributed by atoms with Gasteiger partial charge in [-0.2, -0.15) is 13.2 Å². The van der Waals surface area contributed by atoms with Gasteiger partial charge in [0.15, 0.2) is 0 Å². The molecule has 6 nitrogen and oxygen atoms in total. The van der Waals surface area contributed by atoms with Crippen LogP contribution < -0.4 is 9.80 Å². The minimum Gasteiger partial charge on any atom is -0.447 e. The summed E-state index contributed by atoms with van der Waals surface area (Å²) in [4.78, 5) is 29.2. The maximum atomic E-state index is 13.0. The molecule has 9 heteroatoms.